The Kier molecular flexibility index (Phi) is 3.40. The summed E-state index contributed by atoms with van der Waals surface area (Å²) in [5.74, 6) is -0.184. The van der Waals surface area contributed by atoms with Gasteiger partial charge in [0.05, 0.1) is 6.42 Å². The van der Waals surface area contributed by atoms with E-state index >= 15 is 0 Å². The number of rotatable bonds is 4. The van der Waals surface area contributed by atoms with E-state index in [9.17, 15) is 4.79 Å². The Morgan fingerprint density at radius 2 is 2.43 bits per heavy atom. The zero-order valence-electron chi connectivity index (χ0n) is 8.15. The van der Waals surface area contributed by atoms with Crippen LogP contribution in [-0.2, 0) is 11.8 Å². The number of carboxylic acid groups (broad SMARTS) is 1. The maximum Gasteiger partial charge on any atom is 0.304 e. The average Bonchev–Trinajstić information content (AvgIpc) is 2.44. The molecule has 78 valence electrons. The third-order valence-electron chi connectivity index (χ3n) is 2.19. The summed E-state index contributed by atoms with van der Waals surface area (Å²) in [5, 5.41) is 15.4. The van der Waals surface area contributed by atoms with Gasteiger partial charge in [-0.3, -0.25) is 9.89 Å². The van der Waals surface area contributed by atoms with Gasteiger partial charge >= 0.3 is 5.97 Å². The van der Waals surface area contributed by atoms with Crippen molar-refractivity contribution in [1.29, 1.82) is 0 Å². The van der Waals surface area contributed by atoms with Crippen LogP contribution in [-0.4, -0.2) is 25.8 Å². The van der Waals surface area contributed by atoms with Gasteiger partial charge in [0.1, 0.15) is 5.82 Å². The number of nitrogens with zero attached hydrogens (tertiary/aromatic N) is 2. The van der Waals surface area contributed by atoms with E-state index in [0.29, 0.717) is 10.6 Å². The molecule has 0 spiro atoms. The molecule has 1 heterocycles. The molecule has 0 saturated carbocycles. The first-order valence-electron chi connectivity index (χ1n) is 4.39. The zero-order chi connectivity index (χ0) is 10.7. The maximum atomic E-state index is 10.6. The molecule has 0 fully saturated rings. The number of H-pyrrole nitrogens is 1. The molecule has 0 aliphatic rings. The van der Waals surface area contributed by atoms with Gasteiger partial charge in [0.2, 0.25) is 0 Å². The van der Waals surface area contributed by atoms with Crippen molar-refractivity contribution in [3.05, 3.63) is 10.6 Å². The minimum absolute atomic E-state index is 0.0783. The molecule has 0 saturated heterocycles. The van der Waals surface area contributed by atoms with E-state index in [1.807, 2.05) is 6.92 Å². The molecule has 0 amide bonds. The number of carboxylic acids is 1. The number of carbonyl (C=O) groups is 1. The van der Waals surface area contributed by atoms with Gasteiger partial charge in [0.15, 0.2) is 4.77 Å². The van der Waals surface area contributed by atoms with Crippen molar-refractivity contribution < 1.29 is 9.90 Å². The Labute approximate surface area is 86.8 Å². The predicted molar refractivity (Wildman–Crippen MR) is 53.7 cm³/mol. The molecule has 1 rings (SSSR count). The topological polar surface area (TPSA) is 70.9 Å². The lowest BCUT2D eigenvalue weighted by atomic mass is 10.0. The third-order valence-corrected chi connectivity index (χ3v) is 2.56. The molecule has 6 heteroatoms. The fourth-order valence-corrected chi connectivity index (χ4v) is 1.49. The second kappa shape index (κ2) is 4.36. The number of hydrogen-bond acceptors (Lipinski definition) is 3. The van der Waals surface area contributed by atoms with Gasteiger partial charge in [-0.1, -0.05) is 6.92 Å². The summed E-state index contributed by atoms with van der Waals surface area (Å²) in [6.45, 7) is 1.94. The van der Waals surface area contributed by atoms with Crippen LogP contribution in [0.3, 0.4) is 0 Å². The first-order chi connectivity index (χ1) is 6.56. The van der Waals surface area contributed by atoms with Crippen LogP contribution in [0.2, 0.25) is 0 Å². The second-order valence-corrected chi connectivity index (χ2v) is 3.54. The summed E-state index contributed by atoms with van der Waals surface area (Å²) < 4.78 is 2.23. The van der Waals surface area contributed by atoms with Crippen molar-refractivity contribution in [3.8, 4) is 0 Å². The van der Waals surface area contributed by atoms with Crippen LogP contribution in [0.1, 0.15) is 31.5 Å². The SMILES string of the molecule is CCC(CC(=O)O)c1n[nH]c(=S)n1C. The van der Waals surface area contributed by atoms with E-state index in [0.717, 1.165) is 6.42 Å². The first kappa shape index (κ1) is 10.9. The largest absolute Gasteiger partial charge is 0.481 e. The van der Waals surface area contributed by atoms with Gasteiger partial charge in [-0.2, -0.15) is 5.10 Å². The molecular formula is C8H13N3O2S. The second-order valence-electron chi connectivity index (χ2n) is 3.15. The molecule has 5 nitrogen and oxygen atoms in total. The maximum absolute atomic E-state index is 10.6. The summed E-state index contributed by atoms with van der Waals surface area (Å²) in [6, 6.07) is 0. The van der Waals surface area contributed by atoms with Gasteiger partial charge < -0.3 is 9.67 Å². The van der Waals surface area contributed by atoms with Crippen LogP contribution in [0.15, 0.2) is 0 Å². The van der Waals surface area contributed by atoms with Crippen molar-refractivity contribution in [1.82, 2.24) is 14.8 Å². The van der Waals surface area contributed by atoms with Gasteiger partial charge in [-0.25, -0.2) is 0 Å². The molecule has 0 aromatic carbocycles. The minimum Gasteiger partial charge on any atom is -0.481 e. The van der Waals surface area contributed by atoms with Crippen LogP contribution >= 0.6 is 12.2 Å². The number of aliphatic carboxylic acids is 1. The Balaban J connectivity index is 2.95. The first-order valence-corrected chi connectivity index (χ1v) is 4.80. The van der Waals surface area contributed by atoms with Crippen LogP contribution < -0.4 is 0 Å². The highest BCUT2D eigenvalue weighted by Gasteiger charge is 2.18. The van der Waals surface area contributed by atoms with E-state index in [2.05, 4.69) is 10.2 Å². The highest BCUT2D eigenvalue weighted by molar-refractivity contribution is 7.71. The highest BCUT2D eigenvalue weighted by Crippen LogP contribution is 2.20. The third kappa shape index (κ3) is 2.20. The number of aromatic amines is 1. The quantitative estimate of drug-likeness (QED) is 0.746. The summed E-state index contributed by atoms with van der Waals surface area (Å²) in [5.41, 5.74) is 0. The number of nitrogens with one attached hydrogen (secondary N) is 1. The Morgan fingerprint density at radius 3 is 2.79 bits per heavy atom. The normalized spacial score (nSPS) is 12.7. The molecule has 1 atom stereocenters. The fourth-order valence-electron chi connectivity index (χ4n) is 1.35. The van der Waals surface area contributed by atoms with Crippen LogP contribution in [0.25, 0.3) is 0 Å². The molecule has 2 N–H and O–H groups in total. The van der Waals surface area contributed by atoms with Crippen LogP contribution in [0.4, 0.5) is 0 Å². The van der Waals surface area contributed by atoms with E-state index in [4.69, 9.17) is 17.3 Å². The zero-order valence-corrected chi connectivity index (χ0v) is 8.97. The molecule has 0 aliphatic heterocycles. The summed E-state index contributed by atoms with van der Waals surface area (Å²) >= 11 is 4.95. The van der Waals surface area contributed by atoms with E-state index < -0.39 is 5.97 Å². The Morgan fingerprint density at radius 1 is 1.79 bits per heavy atom. The summed E-state index contributed by atoms with van der Waals surface area (Å²) in [6.07, 6.45) is 0.823. The minimum atomic E-state index is -0.814. The van der Waals surface area contributed by atoms with E-state index in [1.54, 1.807) is 11.6 Å². The molecule has 0 aliphatic carbocycles. The Bertz CT molecular complexity index is 382. The lowest BCUT2D eigenvalue weighted by molar-refractivity contribution is -0.137. The van der Waals surface area contributed by atoms with Crippen molar-refractivity contribution in [2.45, 2.75) is 25.7 Å². The summed E-state index contributed by atoms with van der Waals surface area (Å²) in [7, 11) is 1.78. The van der Waals surface area contributed by atoms with Gasteiger partial charge in [-0.05, 0) is 18.6 Å². The number of aromatic nitrogens is 3. The molecule has 0 bridgehead atoms. The molecule has 1 aromatic rings. The lowest BCUT2D eigenvalue weighted by Crippen LogP contribution is -2.10. The highest BCUT2D eigenvalue weighted by atomic mass is 32.1. The van der Waals surface area contributed by atoms with Crippen LogP contribution in [0, 0.1) is 4.77 Å². The van der Waals surface area contributed by atoms with E-state index in [1.165, 1.54) is 0 Å². The van der Waals surface area contributed by atoms with Crippen molar-refractivity contribution in [3.63, 3.8) is 0 Å². The summed E-state index contributed by atoms with van der Waals surface area (Å²) in [4.78, 5) is 10.6. The lowest BCUT2D eigenvalue weighted by Gasteiger charge is -2.10. The van der Waals surface area contributed by atoms with Gasteiger partial charge in [0.25, 0.3) is 0 Å². The molecule has 14 heavy (non-hydrogen) atoms. The molecule has 1 aromatic heterocycles. The Hall–Kier alpha value is -1.17. The van der Waals surface area contributed by atoms with Gasteiger partial charge in [-0.15, -0.1) is 0 Å². The van der Waals surface area contributed by atoms with Crippen molar-refractivity contribution >= 4 is 18.2 Å². The van der Waals surface area contributed by atoms with E-state index in [-0.39, 0.29) is 12.3 Å². The molecule has 1 unspecified atom stereocenters. The standard InChI is InChI=1S/C8H13N3O2S/c1-3-5(4-6(12)13)7-9-10-8(14)11(7)2/h5H,3-4H2,1-2H3,(H,10,14)(H,12,13). The smallest absolute Gasteiger partial charge is 0.304 e. The monoisotopic (exact) mass is 215 g/mol. The van der Waals surface area contributed by atoms with Crippen molar-refractivity contribution in [2.24, 2.45) is 7.05 Å². The van der Waals surface area contributed by atoms with Gasteiger partial charge in [0, 0.05) is 13.0 Å². The molecule has 0 radical (unpaired) electrons. The average molecular weight is 215 g/mol. The van der Waals surface area contributed by atoms with Crippen LogP contribution in [0.5, 0.6) is 0 Å². The predicted octanol–water partition coefficient (Wildman–Crippen LogP) is 1.45. The number of hydrogen-bond donors (Lipinski definition) is 2. The fraction of sp³-hybridized carbons (Fsp3) is 0.625. The van der Waals surface area contributed by atoms with Crippen molar-refractivity contribution in [2.75, 3.05) is 0 Å². The molecular weight excluding hydrogens is 202 g/mol.